The summed E-state index contributed by atoms with van der Waals surface area (Å²) in [5, 5.41) is 6.39. The fourth-order valence-corrected chi connectivity index (χ4v) is 2.75. The first-order valence-corrected chi connectivity index (χ1v) is 6.79. The molecule has 2 heterocycles. The molecule has 0 bridgehead atoms. The number of rotatable bonds is 1. The molecule has 0 aliphatic carbocycles. The van der Waals surface area contributed by atoms with Gasteiger partial charge in [0.1, 0.15) is 11.2 Å². The number of hydrogen-bond acceptors (Lipinski definition) is 2. The largest absolute Gasteiger partial charge is 0.350 e. The molecule has 4 rings (SSSR count). The summed E-state index contributed by atoms with van der Waals surface area (Å²) in [6, 6.07) is 17.9. The van der Waals surface area contributed by atoms with Crippen LogP contribution < -0.4 is 5.56 Å². The number of benzene rings is 2. The zero-order chi connectivity index (χ0) is 14.4. The molecule has 1 N–H and O–H groups in total. The minimum absolute atomic E-state index is 0.110. The lowest BCUT2D eigenvalue weighted by atomic mass is 10.1. The highest BCUT2D eigenvalue weighted by molar-refractivity contribution is 6.12. The summed E-state index contributed by atoms with van der Waals surface area (Å²) in [6.07, 6.45) is 0. The molecule has 0 aliphatic heterocycles. The van der Waals surface area contributed by atoms with Gasteiger partial charge in [-0.25, -0.2) is 4.68 Å². The van der Waals surface area contributed by atoms with Gasteiger partial charge in [-0.2, -0.15) is 5.10 Å². The van der Waals surface area contributed by atoms with Gasteiger partial charge in [-0.1, -0.05) is 48.5 Å². The highest BCUT2D eigenvalue weighted by Gasteiger charge is 2.15. The molecule has 0 aliphatic rings. The molecule has 0 fully saturated rings. The molecule has 2 aromatic heterocycles. The minimum Gasteiger partial charge on any atom is -0.350 e. The zero-order valence-corrected chi connectivity index (χ0v) is 11.5. The normalized spacial score (nSPS) is 11.3. The lowest BCUT2D eigenvalue weighted by Gasteiger charge is -2.05. The van der Waals surface area contributed by atoms with Gasteiger partial charge in [0.25, 0.3) is 5.56 Å². The number of nitrogens with one attached hydrogen (secondary N) is 1. The van der Waals surface area contributed by atoms with Crippen LogP contribution in [-0.4, -0.2) is 14.8 Å². The second-order valence-electron chi connectivity index (χ2n) is 5.06. The van der Waals surface area contributed by atoms with Crippen LogP contribution in [0.4, 0.5) is 0 Å². The van der Waals surface area contributed by atoms with E-state index in [9.17, 15) is 4.79 Å². The van der Waals surface area contributed by atoms with Crippen LogP contribution in [-0.2, 0) is 7.05 Å². The number of aryl methyl sites for hydroxylation is 1. The minimum atomic E-state index is -0.110. The fraction of sp³-hybridized carbons (Fsp3) is 0.0588. The van der Waals surface area contributed by atoms with Crippen LogP contribution in [0.5, 0.6) is 0 Å². The summed E-state index contributed by atoms with van der Waals surface area (Å²) >= 11 is 0. The Labute approximate surface area is 120 Å². The molecule has 0 atom stereocenters. The molecule has 4 nitrogen and oxygen atoms in total. The first-order chi connectivity index (χ1) is 10.3. The van der Waals surface area contributed by atoms with Gasteiger partial charge in [-0.3, -0.25) is 4.79 Å². The number of aromatic amines is 1. The van der Waals surface area contributed by atoms with Crippen molar-refractivity contribution >= 4 is 21.8 Å². The number of aromatic nitrogens is 3. The molecule has 0 radical (unpaired) electrons. The molecule has 0 amide bonds. The smallest absolute Gasteiger partial charge is 0.290 e. The monoisotopic (exact) mass is 275 g/mol. The highest BCUT2D eigenvalue weighted by Crippen LogP contribution is 2.30. The van der Waals surface area contributed by atoms with Crippen LogP contribution in [0.15, 0.2) is 59.4 Å². The Morgan fingerprint density at radius 1 is 1.00 bits per heavy atom. The van der Waals surface area contributed by atoms with E-state index in [1.54, 1.807) is 7.05 Å². The van der Waals surface area contributed by atoms with E-state index < -0.39 is 0 Å². The van der Waals surface area contributed by atoms with Crippen LogP contribution in [0.1, 0.15) is 0 Å². The number of fused-ring (bicyclic) bond motifs is 3. The number of para-hydroxylation sites is 1. The molecule has 102 valence electrons. The van der Waals surface area contributed by atoms with E-state index in [4.69, 9.17) is 0 Å². The highest BCUT2D eigenvalue weighted by atomic mass is 16.1. The third-order valence-electron chi connectivity index (χ3n) is 3.75. The van der Waals surface area contributed by atoms with Crippen molar-refractivity contribution in [3.8, 4) is 11.3 Å². The van der Waals surface area contributed by atoms with Crippen molar-refractivity contribution < 1.29 is 0 Å². The van der Waals surface area contributed by atoms with Crippen molar-refractivity contribution in [3.63, 3.8) is 0 Å². The average Bonchev–Trinajstić information content (AvgIpc) is 2.91. The SMILES string of the molecule is Cn1nc(-c2ccccc2)c2c([nH]c3ccccc32)c1=O. The topological polar surface area (TPSA) is 50.7 Å². The molecular formula is C17H13N3O. The zero-order valence-electron chi connectivity index (χ0n) is 11.5. The van der Waals surface area contributed by atoms with Crippen molar-refractivity contribution in [2.24, 2.45) is 7.05 Å². The van der Waals surface area contributed by atoms with E-state index >= 15 is 0 Å². The molecule has 2 aromatic carbocycles. The molecular weight excluding hydrogens is 262 g/mol. The third-order valence-corrected chi connectivity index (χ3v) is 3.75. The van der Waals surface area contributed by atoms with Crippen molar-refractivity contribution in [2.75, 3.05) is 0 Å². The molecule has 21 heavy (non-hydrogen) atoms. The molecule has 4 heteroatoms. The van der Waals surface area contributed by atoms with Crippen LogP contribution in [0.3, 0.4) is 0 Å². The standard InChI is InChI=1S/C17H13N3O/c1-20-17(21)16-14(12-9-5-6-10-13(12)18-16)15(19-20)11-7-3-2-4-8-11/h2-10,18H,1H3. The lowest BCUT2D eigenvalue weighted by molar-refractivity contribution is 0.721. The summed E-state index contributed by atoms with van der Waals surface area (Å²) in [7, 11) is 1.68. The Kier molecular flexibility index (Phi) is 2.44. The van der Waals surface area contributed by atoms with E-state index in [1.807, 2.05) is 54.6 Å². The quantitative estimate of drug-likeness (QED) is 0.580. The predicted molar refractivity (Wildman–Crippen MR) is 84.3 cm³/mol. The molecule has 0 unspecified atom stereocenters. The predicted octanol–water partition coefficient (Wildman–Crippen LogP) is 3.08. The number of hydrogen-bond donors (Lipinski definition) is 1. The summed E-state index contributed by atoms with van der Waals surface area (Å²) in [6.45, 7) is 0. The summed E-state index contributed by atoms with van der Waals surface area (Å²) in [5.74, 6) is 0. The van der Waals surface area contributed by atoms with E-state index in [-0.39, 0.29) is 5.56 Å². The van der Waals surface area contributed by atoms with Gasteiger partial charge in [0.2, 0.25) is 0 Å². The van der Waals surface area contributed by atoms with E-state index in [1.165, 1.54) is 4.68 Å². The summed E-state index contributed by atoms with van der Waals surface area (Å²) < 4.78 is 1.39. The van der Waals surface area contributed by atoms with Gasteiger partial charge in [-0.15, -0.1) is 0 Å². The Hall–Kier alpha value is -2.88. The fourth-order valence-electron chi connectivity index (χ4n) is 2.75. The lowest BCUT2D eigenvalue weighted by Crippen LogP contribution is -2.20. The van der Waals surface area contributed by atoms with Crippen molar-refractivity contribution in [1.82, 2.24) is 14.8 Å². The second-order valence-corrected chi connectivity index (χ2v) is 5.06. The number of H-pyrrole nitrogens is 1. The second kappa shape index (κ2) is 4.31. The van der Waals surface area contributed by atoms with Crippen molar-refractivity contribution in [3.05, 3.63) is 65.0 Å². The van der Waals surface area contributed by atoms with Crippen molar-refractivity contribution in [2.45, 2.75) is 0 Å². The van der Waals surface area contributed by atoms with Gasteiger partial charge in [0, 0.05) is 28.9 Å². The van der Waals surface area contributed by atoms with E-state index in [2.05, 4.69) is 10.1 Å². The van der Waals surface area contributed by atoms with Gasteiger partial charge in [-0.05, 0) is 6.07 Å². The Morgan fingerprint density at radius 2 is 1.71 bits per heavy atom. The van der Waals surface area contributed by atoms with Crippen LogP contribution in [0.2, 0.25) is 0 Å². The Morgan fingerprint density at radius 3 is 2.52 bits per heavy atom. The van der Waals surface area contributed by atoms with Gasteiger partial charge in [0.15, 0.2) is 0 Å². The van der Waals surface area contributed by atoms with Crippen LogP contribution >= 0.6 is 0 Å². The van der Waals surface area contributed by atoms with Gasteiger partial charge >= 0.3 is 0 Å². The van der Waals surface area contributed by atoms with E-state index in [0.717, 1.165) is 27.5 Å². The number of nitrogens with zero attached hydrogens (tertiary/aromatic N) is 2. The third kappa shape index (κ3) is 1.69. The maximum absolute atomic E-state index is 12.4. The Bertz CT molecular complexity index is 1010. The van der Waals surface area contributed by atoms with Crippen molar-refractivity contribution in [1.29, 1.82) is 0 Å². The maximum atomic E-state index is 12.4. The van der Waals surface area contributed by atoms with Crippen LogP contribution in [0.25, 0.3) is 33.1 Å². The summed E-state index contributed by atoms with van der Waals surface area (Å²) in [4.78, 5) is 15.6. The first-order valence-electron chi connectivity index (χ1n) is 6.79. The molecule has 0 saturated carbocycles. The average molecular weight is 275 g/mol. The Balaban J connectivity index is 2.25. The maximum Gasteiger partial charge on any atom is 0.290 e. The first kappa shape index (κ1) is 11.9. The van der Waals surface area contributed by atoms with E-state index in [0.29, 0.717) is 5.52 Å². The molecule has 4 aromatic rings. The molecule has 0 spiro atoms. The van der Waals surface area contributed by atoms with Gasteiger partial charge < -0.3 is 4.98 Å². The summed E-state index contributed by atoms with van der Waals surface area (Å²) in [5.41, 5.74) is 3.27. The van der Waals surface area contributed by atoms with Crippen LogP contribution in [0, 0.1) is 0 Å². The molecule has 0 saturated heterocycles. The van der Waals surface area contributed by atoms with Gasteiger partial charge in [0.05, 0.1) is 0 Å².